The van der Waals surface area contributed by atoms with Gasteiger partial charge in [-0.15, -0.1) is 0 Å². The Hall–Kier alpha value is -1.16. The maximum absolute atomic E-state index is 5.05. The Labute approximate surface area is 90.1 Å². The number of aryl methyl sites for hydroxylation is 2. The highest BCUT2D eigenvalue weighted by molar-refractivity contribution is 5.29. The highest BCUT2D eigenvalue weighted by Crippen LogP contribution is 2.27. The monoisotopic (exact) mass is 207 g/mol. The van der Waals surface area contributed by atoms with Gasteiger partial charge >= 0.3 is 6.01 Å². The van der Waals surface area contributed by atoms with E-state index in [-0.39, 0.29) is 0 Å². The fourth-order valence-corrected chi connectivity index (χ4v) is 2.22. The summed E-state index contributed by atoms with van der Waals surface area (Å²) in [6.07, 6.45) is 2.41. The van der Waals surface area contributed by atoms with Crippen molar-refractivity contribution in [2.24, 2.45) is 0 Å². The van der Waals surface area contributed by atoms with Gasteiger partial charge in [0.1, 0.15) is 0 Å². The summed E-state index contributed by atoms with van der Waals surface area (Å²) in [7, 11) is 1.60. The van der Waals surface area contributed by atoms with Crippen LogP contribution in [-0.2, 0) is 0 Å². The summed E-state index contributed by atoms with van der Waals surface area (Å²) < 4.78 is 5.05. The minimum Gasteiger partial charge on any atom is -0.467 e. The number of nitrogens with one attached hydrogen (secondary N) is 1. The highest BCUT2D eigenvalue weighted by Gasteiger charge is 2.21. The van der Waals surface area contributed by atoms with Crippen molar-refractivity contribution in [1.29, 1.82) is 0 Å². The molecule has 1 unspecified atom stereocenters. The Kier molecular flexibility index (Phi) is 2.86. The predicted octanol–water partition coefficient (Wildman–Crippen LogP) is 1.53. The Bertz CT molecular complexity index is 336. The van der Waals surface area contributed by atoms with Crippen LogP contribution in [0, 0.1) is 13.8 Å². The molecular formula is C11H17N3O. The van der Waals surface area contributed by atoms with Crippen molar-refractivity contribution in [2.75, 3.05) is 13.7 Å². The predicted molar refractivity (Wildman–Crippen MR) is 58.0 cm³/mol. The third kappa shape index (κ3) is 1.95. The van der Waals surface area contributed by atoms with Crippen LogP contribution in [0.15, 0.2) is 0 Å². The Morgan fingerprint density at radius 3 is 2.40 bits per heavy atom. The summed E-state index contributed by atoms with van der Waals surface area (Å²) in [4.78, 5) is 8.65. The molecule has 0 radical (unpaired) electrons. The van der Waals surface area contributed by atoms with E-state index in [0.29, 0.717) is 12.1 Å². The number of aromatic nitrogens is 2. The molecule has 0 aliphatic carbocycles. The highest BCUT2D eigenvalue weighted by atomic mass is 16.5. The summed E-state index contributed by atoms with van der Waals surface area (Å²) in [5.41, 5.74) is 3.30. The second-order valence-corrected chi connectivity index (χ2v) is 3.94. The van der Waals surface area contributed by atoms with Gasteiger partial charge in [0.15, 0.2) is 0 Å². The van der Waals surface area contributed by atoms with E-state index in [1.54, 1.807) is 7.11 Å². The van der Waals surface area contributed by atoms with E-state index >= 15 is 0 Å². The molecule has 1 aromatic heterocycles. The molecule has 4 heteroatoms. The quantitative estimate of drug-likeness (QED) is 0.799. The molecule has 82 valence electrons. The molecule has 1 aliphatic rings. The van der Waals surface area contributed by atoms with Gasteiger partial charge in [0.2, 0.25) is 0 Å². The summed E-state index contributed by atoms with van der Waals surface area (Å²) in [6.45, 7) is 5.13. The van der Waals surface area contributed by atoms with Crippen LogP contribution in [0.2, 0.25) is 0 Å². The Balaban J connectivity index is 2.37. The molecular weight excluding hydrogens is 190 g/mol. The van der Waals surface area contributed by atoms with E-state index in [2.05, 4.69) is 15.3 Å². The van der Waals surface area contributed by atoms with Crippen LogP contribution in [0.4, 0.5) is 0 Å². The molecule has 1 fully saturated rings. The first kappa shape index (κ1) is 10.4. The van der Waals surface area contributed by atoms with E-state index in [4.69, 9.17) is 4.74 Å². The molecule has 0 amide bonds. The average molecular weight is 207 g/mol. The fourth-order valence-electron chi connectivity index (χ4n) is 2.22. The first-order valence-corrected chi connectivity index (χ1v) is 5.35. The van der Waals surface area contributed by atoms with Crippen molar-refractivity contribution in [3.05, 3.63) is 17.0 Å². The standard InChI is InChI=1S/C11H17N3O/c1-7-10(9-5-4-6-12-9)8(2)14-11(13-7)15-3/h9,12H,4-6H2,1-3H3. The van der Waals surface area contributed by atoms with E-state index < -0.39 is 0 Å². The summed E-state index contributed by atoms with van der Waals surface area (Å²) in [6, 6.07) is 0.891. The molecule has 4 nitrogen and oxygen atoms in total. The van der Waals surface area contributed by atoms with Gasteiger partial charge in [-0.05, 0) is 33.2 Å². The van der Waals surface area contributed by atoms with Crippen molar-refractivity contribution in [3.63, 3.8) is 0 Å². The second kappa shape index (κ2) is 4.14. The minimum atomic E-state index is 0.427. The zero-order valence-electron chi connectivity index (χ0n) is 9.50. The molecule has 15 heavy (non-hydrogen) atoms. The van der Waals surface area contributed by atoms with Gasteiger partial charge < -0.3 is 10.1 Å². The number of hydrogen-bond acceptors (Lipinski definition) is 4. The van der Waals surface area contributed by atoms with Crippen molar-refractivity contribution >= 4 is 0 Å². The molecule has 1 aromatic rings. The molecule has 1 aliphatic heterocycles. The van der Waals surface area contributed by atoms with Crippen molar-refractivity contribution in [1.82, 2.24) is 15.3 Å². The average Bonchev–Trinajstić information content (AvgIpc) is 2.69. The third-order valence-corrected chi connectivity index (χ3v) is 2.90. The number of hydrogen-bond donors (Lipinski definition) is 1. The molecule has 1 N–H and O–H groups in total. The maximum atomic E-state index is 5.05. The second-order valence-electron chi connectivity index (χ2n) is 3.94. The van der Waals surface area contributed by atoms with Crippen LogP contribution in [0.1, 0.15) is 35.8 Å². The maximum Gasteiger partial charge on any atom is 0.316 e. The van der Waals surface area contributed by atoms with Gasteiger partial charge in [-0.2, -0.15) is 0 Å². The number of ether oxygens (including phenoxy) is 1. The van der Waals surface area contributed by atoms with Gasteiger partial charge in [0.05, 0.1) is 7.11 Å². The van der Waals surface area contributed by atoms with E-state index in [1.807, 2.05) is 13.8 Å². The normalized spacial score (nSPS) is 20.6. The number of methoxy groups -OCH3 is 1. The van der Waals surface area contributed by atoms with E-state index in [9.17, 15) is 0 Å². The smallest absolute Gasteiger partial charge is 0.316 e. The Morgan fingerprint density at radius 2 is 1.93 bits per heavy atom. The van der Waals surface area contributed by atoms with Crippen molar-refractivity contribution < 1.29 is 4.74 Å². The minimum absolute atomic E-state index is 0.427. The molecule has 1 saturated heterocycles. The van der Waals surface area contributed by atoms with Crippen LogP contribution >= 0.6 is 0 Å². The first-order valence-electron chi connectivity index (χ1n) is 5.35. The largest absolute Gasteiger partial charge is 0.467 e. The van der Waals surface area contributed by atoms with Gasteiger partial charge in [-0.1, -0.05) is 0 Å². The van der Waals surface area contributed by atoms with Crippen LogP contribution in [0.5, 0.6) is 6.01 Å². The lowest BCUT2D eigenvalue weighted by molar-refractivity contribution is 0.376. The van der Waals surface area contributed by atoms with Gasteiger partial charge in [-0.3, -0.25) is 0 Å². The topological polar surface area (TPSA) is 47.0 Å². The summed E-state index contributed by atoms with van der Waals surface area (Å²) in [5.74, 6) is 0. The molecule has 0 spiro atoms. The van der Waals surface area contributed by atoms with Gasteiger partial charge in [0.25, 0.3) is 0 Å². The fraction of sp³-hybridized carbons (Fsp3) is 0.636. The van der Waals surface area contributed by atoms with Crippen molar-refractivity contribution in [2.45, 2.75) is 32.7 Å². The molecule has 2 heterocycles. The Morgan fingerprint density at radius 1 is 1.27 bits per heavy atom. The SMILES string of the molecule is COc1nc(C)c(C2CCCN2)c(C)n1. The molecule has 2 rings (SSSR count). The third-order valence-electron chi connectivity index (χ3n) is 2.90. The lowest BCUT2D eigenvalue weighted by Gasteiger charge is -2.16. The molecule has 0 saturated carbocycles. The molecule has 1 atom stereocenters. The first-order chi connectivity index (χ1) is 7.22. The summed E-state index contributed by atoms with van der Waals surface area (Å²) in [5, 5.41) is 3.47. The zero-order chi connectivity index (χ0) is 10.8. The van der Waals surface area contributed by atoms with E-state index in [1.165, 1.54) is 18.4 Å². The molecule has 0 bridgehead atoms. The lowest BCUT2D eigenvalue weighted by Crippen LogP contribution is -2.17. The summed E-state index contributed by atoms with van der Waals surface area (Å²) >= 11 is 0. The van der Waals surface area contributed by atoms with Gasteiger partial charge in [-0.25, -0.2) is 9.97 Å². The van der Waals surface area contributed by atoms with Crippen LogP contribution in [0.3, 0.4) is 0 Å². The van der Waals surface area contributed by atoms with Crippen molar-refractivity contribution in [3.8, 4) is 6.01 Å². The zero-order valence-corrected chi connectivity index (χ0v) is 9.50. The number of nitrogens with zero attached hydrogens (tertiary/aromatic N) is 2. The van der Waals surface area contributed by atoms with E-state index in [0.717, 1.165) is 17.9 Å². The van der Waals surface area contributed by atoms with Crippen LogP contribution < -0.4 is 10.1 Å². The lowest BCUT2D eigenvalue weighted by atomic mass is 10.0. The van der Waals surface area contributed by atoms with Gasteiger partial charge in [0, 0.05) is 23.0 Å². The number of rotatable bonds is 2. The van der Waals surface area contributed by atoms with Crippen LogP contribution in [-0.4, -0.2) is 23.6 Å². The molecule has 0 aromatic carbocycles. The van der Waals surface area contributed by atoms with Crippen LogP contribution in [0.25, 0.3) is 0 Å².